The van der Waals surface area contributed by atoms with Crippen molar-refractivity contribution in [2.75, 3.05) is 52.8 Å². The van der Waals surface area contributed by atoms with E-state index in [-0.39, 0.29) is 5.75 Å². The first-order valence-electron chi connectivity index (χ1n) is 7.63. The summed E-state index contributed by atoms with van der Waals surface area (Å²) in [6, 6.07) is 0.439. The van der Waals surface area contributed by atoms with E-state index < -0.39 is 10.0 Å². The van der Waals surface area contributed by atoms with Gasteiger partial charge in [-0.2, -0.15) is 4.31 Å². The number of nitrogens with one attached hydrogen (secondary N) is 1. The van der Waals surface area contributed by atoms with Gasteiger partial charge in [0.1, 0.15) is 0 Å². The molecular weight excluding hydrogens is 292 g/mol. The van der Waals surface area contributed by atoms with Crippen LogP contribution in [0.3, 0.4) is 0 Å². The highest BCUT2D eigenvalue weighted by atomic mass is 32.2. The molecule has 6 nitrogen and oxygen atoms in total. The van der Waals surface area contributed by atoms with E-state index in [2.05, 4.69) is 19.2 Å². The van der Waals surface area contributed by atoms with Crippen LogP contribution in [0.15, 0.2) is 0 Å². The van der Waals surface area contributed by atoms with Crippen LogP contribution in [0.1, 0.15) is 33.1 Å². The Morgan fingerprint density at radius 3 is 2.24 bits per heavy atom. The number of hydrogen-bond donors (Lipinski definition) is 1. The first-order chi connectivity index (χ1) is 9.94. The van der Waals surface area contributed by atoms with Crippen LogP contribution in [-0.2, 0) is 19.5 Å². The van der Waals surface area contributed by atoms with Crippen molar-refractivity contribution in [3.63, 3.8) is 0 Å². The van der Waals surface area contributed by atoms with Crippen molar-refractivity contribution in [3.8, 4) is 0 Å². The Bertz CT molecular complexity index is 334. The highest BCUT2D eigenvalue weighted by molar-refractivity contribution is 7.89. The number of unbranched alkanes of at least 4 members (excludes halogenated alkanes) is 1. The maximum absolute atomic E-state index is 12.3. The van der Waals surface area contributed by atoms with Gasteiger partial charge in [-0.3, -0.25) is 0 Å². The predicted octanol–water partition coefficient (Wildman–Crippen LogP) is 1.08. The van der Waals surface area contributed by atoms with Crippen LogP contribution >= 0.6 is 0 Å². The van der Waals surface area contributed by atoms with E-state index in [0.717, 1.165) is 13.0 Å². The molecule has 0 spiro atoms. The van der Waals surface area contributed by atoms with E-state index in [1.807, 2.05) is 0 Å². The van der Waals surface area contributed by atoms with Gasteiger partial charge in [-0.15, -0.1) is 0 Å². The minimum atomic E-state index is -3.21. The molecule has 0 unspecified atom stereocenters. The van der Waals surface area contributed by atoms with Crippen molar-refractivity contribution in [2.45, 2.75) is 39.2 Å². The van der Waals surface area contributed by atoms with E-state index in [4.69, 9.17) is 9.47 Å². The van der Waals surface area contributed by atoms with E-state index >= 15 is 0 Å². The summed E-state index contributed by atoms with van der Waals surface area (Å²) in [6.07, 6.45) is 2.25. The molecule has 21 heavy (non-hydrogen) atoms. The quantitative estimate of drug-likeness (QED) is 0.484. The van der Waals surface area contributed by atoms with Crippen molar-refractivity contribution in [3.05, 3.63) is 0 Å². The number of ether oxygens (including phenoxy) is 2. The first-order valence-corrected chi connectivity index (χ1v) is 9.24. The lowest BCUT2D eigenvalue weighted by atomic mass is 10.3. The average Bonchev–Trinajstić information content (AvgIpc) is 2.41. The fraction of sp³-hybridized carbons (Fsp3) is 1.00. The Morgan fingerprint density at radius 1 is 1.00 bits per heavy atom. The summed E-state index contributed by atoms with van der Waals surface area (Å²) in [5, 5.41) is 3.29. The highest BCUT2D eigenvalue weighted by Crippen LogP contribution is 2.06. The van der Waals surface area contributed by atoms with Gasteiger partial charge in [0.15, 0.2) is 0 Å². The molecule has 0 saturated heterocycles. The third kappa shape index (κ3) is 11.1. The molecule has 0 bridgehead atoms. The molecule has 0 aliphatic rings. The summed E-state index contributed by atoms with van der Waals surface area (Å²) >= 11 is 0. The number of nitrogens with zero attached hydrogens (tertiary/aromatic N) is 1. The molecule has 1 N–H and O–H groups in total. The largest absolute Gasteiger partial charge is 0.385 e. The van der Waals surface area contributed by atoms with Crippen molar-refractivity contribution in [1.82, 2.24) is 9.62 Å². The fourth-order valence-corrected chi connectivity index (χ4v) is 3.48. The zero-order valence-electron chi connectivity index (χ0n) is 13.9. The van der Waals surface area contributed by atoms with E-state index in [0.29, 0.717) is 45.2 Å². The van der Waals surface area contributed by atoms with Crippen LogP contribution in [0.5, 0.6) is 0 Å². The molecule has 0 aromatic rings. The minimum absolute atomic E-state index is 0.198. The Hall–Kier alpha value is -0.210. The van der Waals surface area contributed by atoms with Crippen molar-refractivity contribution >= 4 is 10.0 Å². The Labute approximate surface area is 130 Å². The van der Waals surface area contributed by atoms with Gasteiger partial charge in [0, 0.05) is 40.0 Å². The second-order valence-electron chi connectivity index (χ2n) is 5.37. The maximum Gasteiger partial charge on any atom is 0.214 e. The molecule has 0 amide bonds. The molecule has 0 atom stereocenters. The lowest BCUT2D eigenvalue weighted by Crippen LogP contribution is -2.37. The molecule has 0 radical (unpaired) electrons. The van der Waals surface area contributed by atoms with Crippen LogP contribution < -0.4 is 5.32 Å². The Balaban J connectivity index is 4.20. The molecular formula is C14H32N2O4S. The highest BCUT2D eigenvalue weighted by Gasteiger charge is 2.20. The SMILES string of the molecule is COCCCN(CCOC)S(=O)(=O)CCCCNC(C)C. The minimum Gasteiger partial charge on any atom is -0.385 e. The van der Waals surface area contributed by atoms with Crippen LogP contribution in [0.4, 0.5) is 0 Å². The van der Waals surface area contributed by atoms with E-state index in [9.17, 15) is 8.42 Å². The Morgan fingerprint density at radius 2 is 1.67 bits per heavy atom. The number of methoxy groups -OCH3 is 2. The molecule has 7 heteroatoms. The first kappa shape index (κ1) is 20.8. The van der Waals surface area contributed by atoms with Gasteiger partial charge in [0.2, 0.25) is 10.0 Å². The topological polar surface area (TPSA) is 67.9 Å². The molecule has 0 rings (SSSR count). The van der Waals surface area contributed by atoms with Crippen molar-refractivity contribution in [1.29, 1.82) is 0 Å². The summed E-state index contributed by atoms with van der Waals surface area (Å²) in [6.45, 7) is 6.90. The van der Waals surface area contributed by atoms with Crippen LogP contribution in [-0.4, -0.2) is 71.6 Å². The van der Waals surface area contributed by atoms with Crippen LogP contribution in [0.25, 0.3) is 0 Å². The summed E-state index contributed by atoms with van der Waals surface area (Å²) in [5.74, 6) is 0.198. The second-order valence-corrected chi connectivity index (χ2v) is 7.46. The summed E-state index contributed by atoms with van der Waals surface area (Å²) in [7, 11) is -0.00414. The average molecular weight is 324 g/mol. The molecule has 0 saturated carbocycles. The van der Waals surface area contributed by atoms with Gasteiger partial charge in [0.25, 0.3) is 0 Å². The van der Waals surface area contributed by atoms with Gasteiger partial charge in [-0.1, -0.05) is 13.8 Å². The number of hydrogen-bond acceptors (Lipinski definition) is 5. The third-order valence-electron chi connectivity index (χ3n) is 3.08. The lowest BCUT2D eigenvalue weighted by molar-refractivity contribution is 0.164. The van der Waals surface area contributed by atoms with Gasteiger partial charge < -0.3 is 14.8 Å². The maximum atomic E-state index is 12.3. The number of sulfonamides is 1. The third-order valence-corrected chi connectivity index (χ3v) is 5.03. The van der Waals surface area contributed by atoms with Crippen molar-refractivity contribution < 1.29 is 17.9 Å². The summed E-state index contributed by atoms with van der Waals surface area (Å²) in [4.78, 5) is 0. The van der Waals surface area contributed by atoms with Gasteiger partial charge in [-0.05, 0) is 25.8 Å². The second kappa shape index (κ2) is 12.3. The predicted molar refractivity (Wildman–Crippen MR) is 86.1 cm³/mol. The smallest absolute Gasteiger partial charge is 0.214 e. The zero-order valence-corrected chi connectivity index (χ0v) is 14.7. The molecule has 0 heterocycles. The molecule has 0 aliphatic carbocycles. The van der Waals surface area contributed by atoms with E-state index in [1.165, 1.54) is 4.31 Å². The fourth-order valence-electron chi connectivity index (χ4n) is 1.90. The summed E-state index contributed by atoms with van der Waals surface area (Å²) < 4.78 is 36.2. The van der Waals surface area contributed by atoms with Crippen LogP contribution in [0, 0.1) is 0 Å². The zero-order chi connectivity index (χ0) is 16.1. The lowest BCUT2D eigenvalue weighted by Gasteiger charge is -2.21. The molecule has 128 valence electrons. The normalized spacial score (nSPS) is 12.5. The molecule has 0 fully saturated rings. The van der Waals surface area contributed by atoms with Crippen LogP contribution in [0.2, 0.25) is 0 Å². The Kier molecular flexibility index (Phi) is 12.2. The van der Waals surface area contributed by atoms with Gasteiger partial charge in [-0.25, -0.2) is 8.42 Å². The van der Waals surface area contributed by atoms with Gasteiger partial charge in [0.05, 0.1) is 12.4 Å². The van der Waals surface area contributed by atoms with Crippen molar-refractivity contribution in [2.24, 2.45) is 0 Å². The molecule has 0 aromatic carbocycles. The standard InChI is InChI=1S/C14H32N2O4S/c1-14(2)15-8-5-6-13-21(17,18)16(10-12-20-4)9-7-11-19-3/h14-15H,5-13H2,1-4H3. The summed E-state index contributed by atoms with van der Waals surface area (Å²) in [5.41, 5.74) is 0. The number of rotatable bonds is 14. The van der Waals surface area contributed by atoms with E-state index in [1.54, 1.807) is 14.2 Å². The monoisotopic (exact) mass is 324 g/mol. The molecule has 0 aromatic heterocycles. The molecule has 0 aliphatic heterocycles. The van der Waals surface area contributed by atoms with Gasteiger partial charge >= 0.3 is 0 Å².